The molecule has 0 radical (unpaired) electrons. The summed E-state index contributed by atoms with van der Waals surface area (Å²) >= 11 is 32.6. The molecule has 0 bridgehead atoms. The van der Waals surface area contributed by atoms with Gasteiger partial charge in [-0.1, -0.05) is 166 Å². The van der Waals surface area contributed by atoms with E-state index in [4.69, 9.17) is 18.9 Å². The first-order valence-electron chi connectivity index (χ1n) is 43.2. The molecule has 0 N–H and O–H groups in total. The highest BCUT2D eigenvalue weighted by molar-refractivity contribution is 7.35. The number of fused-ring (bicyclic) bond motifs is 8. The molecule has 0 saturated carbocycles. The fraction of sp³-hybridized carbons (Fsp3) is 0.392. The van der Waals surface area contributed by atoms with Crippen molar-refractivity contribution >= 4 is 250 Å². The topological polar surface area (TPSA) is 36.9 Å². The molecule has 123 heavy (non-hydrogen) atoms. The zero-order valence-electron chi connectivity index (χ0n) is 75.0. The highest BCUT2D eigenvalue weighted by Gasteiger charge is 2.31. The molecule has 1 aromatic carbocycles. The minimum Gasteiger partial charge on any atom is -0.485 e. The van der Waals surface area contributed by atoms with E-state index in [1.807, 2.05) is 193 Å². The molecule has 0 atom stereocenters. The third kappa shape index (κ3) is 21.2. The molecule has 2 aliphatic heterocycles. The molecular formula is C102H114O4S17. The van der Waals surface area contributed by atoms with Crippen molar-refractivity contribution in [2.24, 2.45) is 0 Å². The molecule has 20 rings (SSSR count). The highest BCUT2D eigenvalue weighted by Crippen LogP contribution is 2.57. The maximum atomic E-state index is 5.97. The summed E-state index contributed by atoms with van der Waals surface area (Å²) in [4.78, 5) is 33.8. The molecule has 4 nitrogen and oxygen atoms in total. The lowest BCUT2D eigenvalue weighted by Gasteiger charge is -2.17. The summed E-state index contributed by atoms with van der Waals surface area (Å²) in [6.45, 7) is 56.7. The minimum absolute atomic E-state index is 0.456. The molecular weight excluding hydrogens is 1830 g/mol. The lowest BCUT2D eigenvalue weighted by Crippen LogP contribution is -2.15. The minimum atomic E-state index is 0.456. The maximum Gasteiger partial charge on any atom is 0.181 e. The Morgan fingerprint density at radius 1 is 0.171 bits per heavy atom. The van der Waals surface area contributed by atoms with Crippen molar-refractivity contribution in [3.05, 3.63) is 192 Å². The van der Waals surface area contributed by atoms with Crippen molar-refractivity contribution in [1.29, 1.82) is 0 Å². The summed E-state index contributed by atoms with van der Waals surface area (Å²) in [5.74, 6) is 11.0. The molecule has 0 aliphatic carbocycles. The predicted octanol–water partition coefficient (Wildman–Crippen LogP) is 41.1. The van der Waals surface area contributed by atoms with Crippen LogP contribution in [0.2, 0.25) is 0 Å². The Morgan fingerprint density at radius 3 is 0.732 bits per heavy atom. The average molecular weight is 1950 g/mol. The number of thiophene rings is 17. The van der Waals surface area contributed by atoms with Crippen LogP contribution in [-0.2, 0) is 0 Å². The molecule has 21 heteroatoms. The van der Waals surface area contributed by atoms with Crippen molar-refractivity contribution in [1.82, 2.24) is 0 Å². The summed E-state index contributed by atoms with van der Waals surface area (Å²) < 4.78 is 37.9. The van der Waals surface area contributed by atoms with Crippen molar-refractivity contribution in [3.63, 3.8) is 0 Å². The first-order valence-corrected chi connectivity index (χ1v) is 57.1. The number of rotatable bonds is 18. The third-order valence-corrected chi connectivity index (χ3v) is 45.1. The summed E-state index contributed by atoms with van der Waals surface area (Å²) in [5.41, 5.74) is 0. The van der Waals surface area contributed by atoms with Crippen LogP contribution in [0.1, 0.15) is 296 Å². The van der Waals surface area contributed by atoms with E-state index in [0.29, 0.717) is 97.4 Å². The molecule has 0 saturated heterocycles. The number of hydrogen-bond acceptors (Lipinski definition) is 21. The van der Waals surface area contributed by atoms with Gasteiger partial charge in [0.1, 0.15) is 26.4 Å². The van der Waals surface area contributed by atoms with Crippen LogP contribution in [0.25, 0.3) is 116 Å². The third-order valence-electron chi connectivity index (χ3n) is 21.2. The van der Waals surface area contributed by atoms with Crippen LogP contribution in [0.3, 0.4) is 0 Å². The van der Waals surface area contributed by atoms with Gasteiger partial charge >= 0.3 is 0 Å². The number of benzene rings is 1. The van der Waals surface area contributed by atoms with E-state index in [-0.39, 0.29) is 0 Å². The highest BCUT2D eigenvalue weighted by atomic mass is 32.2. The largest absolute Gasteiger partial charge is 0.485 e. The van der Waals surface area contributed by atoms with Crippen LogP contribution in [0.15, 0.2) is 133 Å². The van der Waals surface area contributed by atoms with Gasteiger partial charge < -0.3 is 18.9 Å². The van der Waals surface area contributed by atoms with Crippen LogP contribution in [-0.4, -0.2) is 26.4 Å². The van der Waals surface area contributed by atoms with Crippen molar-refractivity contribution in [2.75, 3.05) is 26.4 Å². The van der Waals surface area contributed by atoms with E-state index in [1.165, 1.54) is 175 Å². The van der Waals surface area contributed by atoms with Gasteiger partial charge in [-0.3, -0.25) is 0 Å². The molecule has 0 amide bonds. The molecule has 0 unspecified atom stereocenters. The molecule has 19 heterocycles. The average Bonchev–Trinajstić information content (AvgIpc) is 1.66. The standard InChI is InChI=1S/C20H20S3.C18H20O2S3.C18H18S4.C16H20O2S2.C16H18S3.C14H18S2/c1-11(2)15-5-6-16(21-15)20-9-14-7-13-8-17(12(3)4)22-18(13)10-19(14)23-20;1-9(2)11-7-12-13(21-11)8-14(22-12)18-16-15(19-5-6-20-16)17(23-18)10(3)4;1-9(2)11-5-13-15(19-11)7-17(21-13)18-8-16-14(22-18)6-12(20-16)10(3)4;1-9(2)11-5-6-12(19-11)16-14-13(17-7-8-18-14)15(20-16)10(3)4;1-9(2)11-5-6-12(17-11)14-8-16-15(19-14)7-13(18-16)10(3)4;1-9(2)11-5-7-13(15-11)14-8-6-12(16-14)10(3)4/h5-12H,1-4H3;7-10H,5-6H2,1-4H3;5-10H,1-4H3;5-6,9-10H,7-8H2,1-4H3;5-10H,1-4H3;5-10H,1-4H3. The Kier molecular flexibility index (Phi) is 30.2. The summed E-state index contributed by atoms with van der Waals surface area (Å²) in [6, 6.07) is 51.0. The second kappa shape index (κ2) is 40.1. The van der Waals surface area contributed by atoms with Crippen LogP contribution in [0.4, 0.5) is 0 Å². The smallest absolute Gasteiger partial charge is 0.181 e. The van der Waals surface area contributed by atoms with E-state index < -0.39 is 0 Å². The van der Waals surface area contributed by atoms with E-state index in [2.05, 4.69) is 300 Å². The Balaban J connectivity index is 0.000000115. The Morgan fingerprint density at radius 2 is 0.407 bits per heavy atom. The van der Waals surface area contributed by atoms with E-state index >= 15 is 0 Å². The quantitative estimate of drug-likeness (QED) is 0.0858. The Labute approximate surface area is 797 Å². The molecule has 0 fully saturated rings. The fourth-order valence-corrected chi connectivity index (χ4v) is 33.9. The monoisotopic (exact) mass is 1950 g/mol. The zero-order chi connectivity index (χ0) is 87.3. The van der Waals surface area contributed by atoms with E-state index in [0.717, 1.165) is 23.0 Å². The van der Waals surface area contributed by atoms with Gasteiger partial charge in [0.05, 0.1) is 24.4 Å². The van der Waals surface area contributed by atoms with Gasteiger partial charge in [-0.05, 0) is 215 Å². The summed E-state index contributed by atoms with van der Waals surface area (Å²) in [7, 11) is 0. The van der Waals surface area contributed by atoms with Crippen LogP contribution in [0, 0.1) is 0 Å². The van der Waals surface area contributed by atoms with Crippen LogP contribution < -0.4 is 18.9 Å². The van der Waals surface area contributed by atoms with Gasteiger partial charge in [-0.2, -0.15) is 0 Å². The Hall–Kier alpha value is -5.12. The first kappa shape index (κ1) is 92.6. The van der Waals surface area contributed by atoms with Crippen LogP contribution >= 0.6 is 193 Å². The number of ether oxygens (including phenoxy) is 4. The van der Waals surface area contributed by atoms with Gasteiger partial charge in [0.25, 0.3) is 0 Å². The predicted molar refractivity (Wildman–Crippen MR) is 571 cm³/mol. The molecule has 2 aliphatic rings. The van der Waals surface area contributed by atoms with Crippen molar-refractivity contribution < 1.29 is 18.9 Å². The SMILES string of the molecule is CC(C)c1cc2sc(-c3cc4sc(C(C)C)cc4s3)cc2s1.CC(C)c1cc2sc(-c3sc(C(C)C)c4c3OCCO4)cc2s1.CC(C)c1ccc(-c2cc3cc4cc(C(C)C)sc4cc3s2)s1.CC(C)c1ccc(-c2cc3sc(C(C)C)cc3s2)s1.CC(C)c1ccc(-c2ccc(C(C)C)s2)s1.CC(C)c1ccc(-c2sc(C(C)C)c3c2OCCO3)s1. The zero-order valence-corrected chi connectivity index (χ0v) is 88.9. The molecule has 0 spiro atoms. The Bertz CT molecular complexity index is 6240. The fourth-order valence-electron chi connectivity index (χ4n) is 14.0. The van der Waals surface area contributed by atoms with E-state index in [9.17, 15) is 0 Å². The van der Waals surface area contributed by atoms with Crippen molar-refractivity contribution in [2.45, 2.75) is 237 Å². The number of hydrogen-bond donors (Lipinski definition) is 0. The normalized spacial score (nSPS) is 12.9. The second-order valence-corrected chi connectivity index (χ2v) is 54.0. The van der Waals surface area contributed by atoms with Gasteiger partial charge in [0.2, 0.25) is 0 Å². The molecule has 18 aromatic rings. The van der Waals surface area contributed by atoms with Gasteiger partial charge in [-0.15, -0.1) is 193 Å². The van der Waals surface area contributed by atoms with E-state index in [1.54, 1.807) is 0 Å². The van der Waals surface area contributed by atoms with Crippen LogP contribution in [0.5, 0.6) is 23.0 Å². The van der Waals surface area contributed by atoms with Gasteiger partial charge in [0, 0.05) is 140 Å². The summed E-state index contributed by atoms with van der Waals surface area (Å²) in [6.07, 6.45) is 0. The maximum absolute atomic E-state index is 5.97. The lowest BCUT2D eigenvalue weighted by molar-refractivity contribution is 0.172. The first-order chi connectivity index (χ1) is 58.8. The second-order valence-electron chi connectivity index (χ2n) is 35.3. The lowest BCUT2D eigenvalue weighted by atomic mass is 10.1. The molecule has 17 aromatic heterocycles. The van der Waals surface area contributed by atoms with Crippen molar-refractivity contribution in [3.8, 4) is 81.5 Å². The summed E-state index contributed by atoms with van der Waals surface area (Å²) in [5, 5.41) is 2.77. The van der Waals surface area contributed by atoms with Gasteiger partial charge in [0.15, 0.2) is 23.0 Å². The van der Waals surface area contributed by atoms with Gasteiger partial charge in [-0.25, -0.2) is 0 Å². The molecule has 648 valence electrons.